The van der Waals surface area contributed by atoms with Crippen LogP contribution in [0.5, 0.6) is 5.75 Å². The van der Waals surface area contributed by atoms with Crippen LogP contribution in [0.2, 0.25) is 0 Å². The third kappa shape index (κ3) is 4.82. The van der Waals surface area contributed by atoms with E-state index in [2.05, 4.69) is 10.3 Å². The number of ether oxygens (including phenoxy) is 1. The van der Waals surface area contributed by atoms with Gasteiger partial charge in [0.25, 0.3) is 0 Å². The van der Waals surface area contributed by atoms with Crippen molar-refractivity contribution in [3.63, 3.8) is 0 Å². The molecule has 1 N–H and O–H groups in total. The Bertz CT molecular complexity index is 581. The molecule has 1 amide bonds. The molecule has 0 fully saturated rings. The third-order valence-electron chi connectivity index (χ3n) is 3.00. The number of nitrogens with zero attached hydrogens (tertiary/aromatic N) is 2. The number of thioether (sulfide) groups is 1. The molecule has 2 rings (SSSR count). The van der Waals surface area contributed by atoms with Gasteiger partial charge in [-0.05, 0) is 24.1 Å². The molecule has 0 spiro atoms. The highest BCUT2D eigenvalue weighted by molar-refractivity contribution is 7.99. The smallest absolute Gasteiger partial charge is 0.230 e. The number of hydrogen-bond donors (Lipinski definition) is 1. The summed E-state index contributed by atoms with van der Waals surface area (Å²) in [5.41, 5.74) is 1.17. The summed E-state index contributed by atoms with van der Waals surface area (Å²) in [6, 6.07) is 7.86. The van der Waals surface area contributed by atoms with E-state index in [0.29, 0.717) is 12.3 Å². The highest BCUT2D eigenvalue weighted by Gasteiger charge is 2.05. The first-order valence-electron chi connectivity index (χ1n) is 6.69. The molecule has 0 aliphatic rings. The molecule has 0 aliphatic heterocycles. The summed E-state index contributed by atoms with van der Waals surface area (Å²) in [5, 5.41) is 3.76. The lowest BCUT2D eigenvalue weighted by atomic mass is 10.1. The molecule has 112 valence electrons. The molecule has 21 heavy (non-hydrogen) atoms. The minimum absolute atomic E-state index is 0.0245. The molecule has 1 aromatic heterocycles. The number of amides is 1. The van der Waals surface area contributed by atoms with Crippen molar-refractivity contribution in [2.24, 2.45) is 7.05 Å². The number of hydrogen-bond acceptors (Lipinski definition) is 4. The number of aryl methyl sites for hydroxylation is 1. The predicted octanol–water partition coefficient (Wildman–Crippen LogP) is 1.88. The second-order valence-electron chi connectivity index (χ2n) is 4.56. The van der Waals surface area contributed by atoms with Gasteiger partial charge >= 0.3 is 0 Å². The van der Waals surface area contributed by atoms with Crippen molar-refractivity contribution in [2.75, 3.05) is 19.4 Å². The number of imidazole rings is 1. The molecule has 0 bridgehead atoms. The summed E-state index contributed by atoms with van der Waals surface area (Å²) in [4.78, 5) is 15.9. The summed E-state index contributed by atoms with van der Waals surface area (Å²) in [6.07, 6.45) is 4.40. The SMILES string of the molecule is COc1ccc(CCNC(=O)CSc2nccn2C)cc1. The van der Waals surface area contributed by atoms with E-state index in [4.69, 9.17) is 4.74 Å². The standard InChI is InChI=1S/C15H19N3O2S/c1-18-10-9-17-15(18)21-11-14(19)16-8-7-12-3-5-13(20-2)6-4-12/h3-6,9-10H,7-8,11H2,1-2H3,(H,16,19). The van der Waals surface area contributed by atoms with E-state index in [1.165, 1.54) is 17.3 Å². The van der Waals surface area contributed by atoms with Gasteiger partial charge in [-0.25, -0.2) is 4.98 Å². The van der Waals surface area contributed by atoms with E-state index >= 15 is 0 Å². The van der Waals surface area contributed by atoms with Crippen molar-refractivity contribution in [1.82, 2.24) is 14.9 Å². The van der Waals surface area contributed by atoms with Gasteiger partial charge < -0.3 is 14.6 Å². The fourth-order valence-electron chi connectivity index (χ4n) is 1.81. The summed E-state index contributed by atoms with van der Waals surface area (Å²) in [6.45, 7) is 0.631. The van der Waals surface area contributed by atoms with Crippen molar-refractivity contribution in [3.8, 4) is 5.75 Å². The van der Waals surface area contributed by atoms with Gasteiger partial charge in [0.1, 0.15) is 5.75 Å². The van der Waals surface area contributed by atoms with E-state index in [0.717, 1.165) is 17.3 Å². The van der Waals surface area contributed by atoms with E-state index in [9.17, 15) is 4.79 Å². The topological polar surface area (TPSA) is 56.1 Å². The van der Waals surface area contributed by atoms with Gasteiger partial charge in [-0.2, -0.15) is 0 Å². The fourth-order valence-corrected chi connectivity index (χ4v) is 2.57. The molecule has 0 atom stereocenters. The molecule has 5 nitrogen and oxygen atoms in total. The van der Waals surface area contributed by atoms with Crippen LogP contribution in [-0.2, 0) is 18.3 Å². The molecule has 0 saturated heterocycles. The summed E-state index contributed by atoms with van der Waals surface area (Å²) in [5.74, 6) is 1.25. The normalized spacial score (nSPS) is 10.4. The zero-order chi connectivity index (χ0) is 15.1. The van der Waals surface area contributed by atoms with Crippen molar-refractivity contribution in [3.05, 3.63) is 42.2 Å². The predicted molar refractivity (Wildman–Crippen MR) is 83.6 cm³/mol. The number of benzene rings is 1. The molecule has 6 heteroatoms. The van der Waals surface area contributed by atoms with Crippen LogP contribution < -0.4 is 10.1 Å². The van der Waals surface area contributed by atoms with E-state index < -0.39 is 0 Å². The lowest BCUT2D eigenvalue weighted by Crippen LogP contribution is -2.27. The average Bonchev–Trinajstić information content (AvgIpc) is 2.91. The third-order valence-corrected chi connectivity index (χ3v) is 4.06. The first-order chi connectivity index (χ1) is 10.2. The molecule has 0 radical (unpaired) electrons. The minimum atomic E-state index is 0.0245. The number of aromatic nitrogens is 2. The largest absolute Gasteiger partial charge is 0.497 e. The van der Waals surface area contributed by atoms with Crippen molar-refractivity contribution < 1.29 is 9.53 Å². The Balaban J connectivity index is 1.68. The van der Waals surface area contributed by atoms with E-state index in [1.54, 1.807) is 13.3 Å². The molecule has 0 unspecified atom stereocenters. The first kappa shape index (κ1) is 15.4. The quantitative estimate of drug-likeness (QED) is 0.794. The molecule has 0 saturated carbocycles. The lowest BCUT2D eigenvalue weighted by molar-refractivity contribution is -0.118. The van der Waals surface area contributed by atoms with E-state index in [-0.39, 0.29) is 5.91 Å². The highest BCUT2D eigenvalue weighted by atomic mass is 32.2. The van der Waals surface area contributed by atoms with Crippen LogP contribution in [0.15, 0.2) is 41.8 Å². The summed E-state index contributed by atoms with van der Waals surface area (Å²) >= 11 is 1.44. The number of carbonyl (C=O) groups excluding carboxylic acids is 1. The Kier molecular flexibility index (Phi) is 5.68. The van der Waals surface area contributed by atoms with Crippen LogP contribution in [-0.4, -0.2) is 34.9 Å². The molecular weight excluding hydrogens is 286 g/mol. The average molecular weight is 305 g/mol. The Morgan fingerprint density at radius 2 is 2.14 bits per heavy atom. The Morgan fingerprint density at radius 1 is 1.38 bits per heavy atom. The molecular formula is C15H19N3O2S. The molecule has 0 aliphatic carbocycles. The van der Waals surface area contributed by atoms with Crippen LogP contribution in [0.4, 0.5) is 0 Å². The Morgan fingerprint density at radius 3 is 2.76 bits per heavy atom. The second kappa shape index (κ2) is 7.73. The van der Waals surface area contributed by atoms with Crippen molar-refractivity contribution in [1.29, 1.82) is 0 Å². The monoisotopic (exact) mass is 305 g/mol. The maximum absolute atomic E-state index is 11.8. The fraction of sp³-hybridized carbons (Fsp3) is 0.333. The van der Waals surface area contributed by atoms with Crippen molar-refractivity contribution >= 4 is 17.7 Å². The van der Waals surface area contributed by atoms with Gasteiger partial charge in [0.05, 0.1) is 12.9 Å². The maximum atomic E-state index is 11.8. The van der Waals surface area contributed by atoms with Crippen LogP contribution in [0.3, 0.4) is 0 Å². The Labute approximate surface area is 128 Å². The van der Waals surface area contributed by atoms with E-state index in [1.807, 2.05) is 42.1 Å². The van der Waals surface area contributed by atoms with Crippen molar-refractivity contribution in [2.45, 2.75) is 11.6 Å². The van der Waals surface area contributed by atoms with Gasteiger partial charge in [0.15, 0.2) is 5.16 Å². The zero-order valence-corrected chi connectivity index (χ0v) is 13.0. The second-order valence-corrected chi connectivity index (χ2v) is 5.50. The molecule has 1 aromatic carbocycles. The van der Waals surface area contributed by atoms with Crippen LogP contribution in [0.25, 0.3) is 0 Å². The molecule has 2 aromatic rings. The van der Waals surface area contributed by atoms with Gasteiger partial charge in [-0.3, -0.25) is 4.79 Å². The minimum Gasteiger partial charge on any atom is -0.497 e. The number of methoxy groups -OCH3 is 1. The lowest BCUT2D eigenvalue weighted by Gasteiger charge is -2.06. The summed E-state index contributed by atoms with van der Waals surface area (Å²) < 4.78 is 7.01. The maximum Gasteiger partial charge on any atom is 0.230 e. The summed E-state index contributed by atoms with van der Waals surface area (Å²) in [7, 11) is 3.56. The number of rotatable bonds is 7. The number of nitrogens with one attached hydrogen (secondary N) is 1. The number of carbonyl (C=O) groups is 1. The molecule has 1 heterocycles. The van der Waals surface area contributed by atoms with Gasteiger partial charge in [0, 0.05) is 26.0 Å². The zero-order valence-electron chi connectivity index (χ0n) is 12.2. The van der Waals surface area contributed by atoms with Crippen LogP contribution in [0.1, 0.15) is 5.56 Å². The highest BCUT2D eigenvalue weighted by Crippen LogP contribution is 2.14. The van der Waals surface area contributed by atoms with Crippen LogP contribution in [0, 0.1) is 0 Å². The first-order valence-corrected chi connectivity index (χ1v) is 7.67. The van der Waals surface area contributed by atoms with Gasteiger partial charge in [-0.1, -0.05) is 23.9 Å². The van der Waals surface area contributed by atoms with Crippen LogP contribution >= 0.6 is 11.8 Å². The van der Waals surface area contributed by atoms with Gasteiger partial charge in [-0.15, -0.1) is 0 Å². The van der Waals surface area contributed by atoms with Gasteiger partial charge in [0.2, 0.25) is 5.91 Å². The Hall–Kier alpha value is -1.95.